The van der Waals surface area contributed by atoms with E-state index >= 15 is 0 Å². The van der Waals surface area contributed by atoms with Crippen LogP contribution in [-0.2, 0) is 6.42 Å². The second kappa shape index (κ2) is 13.1. The van der Waals surface area contributed by atoms with E-state index in [2.05, 4.69) is 87.6 Å². The number of nitrogens with zero attached hydrogens (tertiary/aromatic N) is 1. The second-order valence-corrected chi connectivity index (χ2v) is 8.83. The molecular weight excluding hydrogens is 390 g/mol. The van der Waals surface area contributed by atoms with Crippen LogP contribution in [0.4, 0.5) is 0 Å². The first-order chi connectivity index (χ1) is 15.7. The van der Waals surface area contributed by atoms with E-state index in [9.17, 15) is 0 Å². The van der Waals surface area contributed by atoms with Gasteiger partial charge in [0, 0.05) is 17.8 Å². The molecule has 0 fully saturated rings. The molecule has 0 radical (unpaired) electrons. The Morgan fingerprint density at radius 3 is 2.00 bits per heavy atom. The summed E-state index contributed by atoms with van der Waals surface area (Å²) < 4.78 is 5.78. The van der Waals surface area contributed by atoms with Crippen molar-refractivity contribution < 1.29 is 4.74 Å². The summed E-state index contributed by atoms with van der Waals surface area (Å²) >= 11 is 0. The summed E-state index contributed by atoms with van der Waals surface area (Å²) in [7, 11) is 0. The first kappa shape index (κ1) is 24.0. The predicted molar refractivity (Wildman–Crippen MR) is 136 cm³/mol. The summed E-state index contributed by atoms with van der Waals surface area (Å²) in [5, 5.41) is 0. The molecule has 0 N–H and O–H groups in total. The number of ether oxygens (including phenoxy) is 1. The number of aromatic nitrogens is 1. The van der Waals surface area contributed by atoms with Gasteiger partial charge >= 0.3 is 0 Å². The predicted octanol–water partition coefficient (Wildman–Crippen LogP) is 8.59. The Morgan fingerprint density at radius 2 is 1.38 bits per heavy atom. The third-order valence-corrected chi connectivity index (χ3v) is 6.23. The first-order valence-corrected chi connectivity index (χ1v) is 12.5. The molecule has 0 aliphatic heterocycles. The molecule has 32 heavy (non-hydrogen) atoms. The molecule has 0 amide bonds. The maximum atomic E-state index is 5.78. The Morgan fingerprint density at radius 1 is 0.719 bits per heavy atom. The lowest BCUT2D eigenvalue weighted by molar-refractivity contribution is 0.309. The molecule has 1 aromatic heterocycles. The van der Waals surface area contributed by atoms with Crippen LogP contribution in [0.3, 0.4) is 0 Å². The van der Waals surface area contributed by atoms with Gasteiger partial charge in [-0.25, -0.2) is 0 Å². The van der Waals surface area contributed by atoms with E-state index in [0.29, 0.717) is 0 Å². The molecule has 1 atom stereocenters. The molecule has 0 saturated carbocycles. The van der Waals surface area contributed by atoms with Gasteiger partial charge in [0.15, 0.2) is 0 Å². The Kier molecular flexibility index (Phi) is 9.81. The number of aryl methyl sites for hydroxylation is 1. The summed E-state index contributed by atoms with van der Waals surface area (Å²) in [6.45, 7) is 7.47. The molecule has 170 valence electrons. The van der Waals surface area contributed by atoms with Crippen molar-refractivity contribution >= 4 is 0 Å². The zero-order chi connectivity index (χ0) is 22.6. The average Bonchev–Trinajstić information content (AvgIpc) is 2.85. The summed E-state index contributed by atoms with van der Waals surface area (Å²) in [6, 6.07) is 21.8. The van der Waals surface area contributed by atoms with Crippen molar-refractivity contribution in [2.75, 3.05) is 6.61 Å². The van der Waals surface area contributed by atoms with Crippen LogP contribution in [0.5, 0.6) is 5.75 Å². The highest BCUT2D eigenvalue weighted by Gasteiger charge is 2.10. The molecule has 2 nitrogen and oxygen atoms in total. The fraction of sp³-hybridized carbons (Fsp3) is 0.433. The Hall–Kier alpha value is -2.61. The normalized spacial score (nSPS) is 12.0. The largest absolute Gasteiger partial charge is 0.494 e. The van der Waals surface area contributed by atoms with Crippen LogP contribution < -0.4 is 4.74 Å². The van der Waals surface area contributed by atoms with Crippen molar-refractivity contribution in [1.29, 1.82) is 0 Å². The lowest BCUT2D eigenvalue weighted by atomic mass is 9.94. The molecule has 0 aliphatic carbocycles. The lowest BCUT2D eigenvalue weighted by Gasteiger charge is -2.13. The number of unbranched alkanes of at least 4 members (excludes halogenated alkanes) is 5. The molecule has 3 aromatic rings. The monoisotopic (exact) mass is 429 g/mol. The van der Waals surface area contributed by atoms with Gasteiger partial charge in [0.2, 0.25) is 0 Å². The molecule has 1 unspecified atom stereocenters. The van der Waals surface area contributed by atoms with Crippen LogP contribution in [0.15, 0.2) is 66.9 Å². The highest BCUT2D eigenvalue weighted by molar-refractivity contribution is 5.64. The van der Waals surface area contributed by atoms with E-state index in [0.717, 1.165) is 37.3 Å². The summed E-state index contributed by atoms with van der Waals surface area (Å²) in [6.07, 6.45) is 12.1. The topological polar surface area (TPSA) is 22.1 Å². The van der Waals surface area contributed by atoms with Crippen molar-refractivity contribution in [3.05, 3.63) is 83.7 Å². The van der Waals surface area contributed by atoms with E-state index in [1.165, 1.54) is 54.4 Å². The Labute approximate surface area is 195 Å². The van der Waals surface area contributed by atoms with Crippen molar-refractivity contribution in [3.63, 3.8) is 0 Å². The molecule has 2 aromatic carbocycles. The molecular formula is C30H39NO. The van der Waals surface area contributed by atoms with E-state index in [1.54, 1.807) is 0 Å². The minimum atomic E-state index is 0.289. The smallest absolute Gasteiger partial charge is 0.119 e. The molecule has 0 bridgehead atoms. The maximum Gasteiger partial charge on any atom is 0.119 e. The SMILES string of the molecule is CCCCCCCc1ccc(C(C)c2ccc(-c3ccc(OCCCC)cc3)cc2)nc1. The van der Waals surface area contributed by atoms with Crippen LogP contribution in [0, 0.1) is 0 Å². The second-order valence-electron chi connectivity index (χ2n) is 8.83. The van der Waals surface area contributed by atoms with E-state index in [-0.39, 0.29) is 5.92 Å². The number of hydrogen-bond donors (Lipinski definition) is 0. The zero-order valence-electron chi connectivity index (χ0n) is 20.1. The van der Waals surface area contributed by atoms with E-state index < -0.39 is 0 Å². The fourth-order valence-corrected chi connectivity index (χ4v) is 3.99. The van der Waals surface area contributed by atoms with Gasteiger partial charge in [-0.1, -0.05) is 95.3 Å². The van der Waals surface area contributed by atoms with Crippen LogP contribution in [0.2, 0.25) is 0 Å². The molecule has 0 saturated heterocycles. The molecule has 2 heteroatoms. The minimum Gasteiger partial charge on any atom is -0.494 e. The summed E-state index contributed by atoms with van der Waals surface area (Å²) in [4.78, 5) is 4.78. The first-order valence-electron chi connectivity index (χ1n) is 12.5. The third-order valence-electron chi connectivity index (χ3n) is 6.23. The van der Waals surface area contributed by atoms with Gasteiger partial charge in [0.1, 0.15) is 5.75 Å². The van der Waals surface area contributed by atoms with Crippen molar-refractivity contribution in [3.8, 4) is 16.9 Å². The molecule has 1 heterocycles. The molecule has 0 aliphatic rings. The number of rotatable bonds is 13. The van der Waals surface area contributed by atoms with Gasteiger partial charge in [-0.2, -0.15) is 0 Å². The van der Waals surface area contributed by atoms with Crippen LogP contribution >= 0.6 is 0 Å². The van der Waals surface area contributed by atoms with Crippen molar-refractivity contribution in [2.24, 2.45) is 0 Å². The van der Waals surface area contributed by atoms with Gasteiger partial charge in [-0.15, -0.1) is 0 Å². The standard InChI is InChI=1S/C30H39NO/c1-4-6-8-9-10-11-25-12-21-30(31-23-25)24(3)26-13-15-27(16-14-26)28-17-19-29(20-18-28)32-22-7-5-2/h12-21,23-24H,4-11,22H2,1-3H3. The van der Waals surface area contributed by atoms with E-state index in [1.807, 2.05) is 0 Å². The number of benzene rings is 2. The van der Waals surface area contributed by atoms with Crippen LogP contribution in [0.25, 0.3) is 11.1 Å². The number of pyridine rings is 1. The van der Waals surface area contributed by atoms with Gasteiger partial charge in [-0.05, 0) is 59.7 Å². The van der Waals surface area contributed by atoms with Crippen LogP contribution in [-0.4, -0.2) is 11.6 Å². The van der Waals surface area contributed by atoms with Gasteiger partial charge < -0.3 is 4.74 Å². The van der Waals surface area contributed by atoms with Gasteiger partial charge in [-0.3, -0.25) is 4.98 Å². The molecule has 0 spiro atoms. The highest BCUT2D eigenvalue weighted by Crippen LogP contribution is 2.27. The fourth-order valence-electron chi connectivity index (χ4n) is 3.99. The lowest BCUT2D eigenvalue weighted by Crippen LogP contribution is -2.00. The Balaban J connectivity index is 1.56. The quantitative estimate of drug-likeness (QED) is 0.254. The van der Waals surface area contributed by atoms with E-state index in [4.69, 9.17) is 9.72 Å². The summed E-state index contributed by atoms with van der Waals surface area (Å²) in [5.41, 5.74) is 6.24. The van der Waals surface area contributed by atoms with Crippen LogP contribution in [0.1, 0.15) is 88.5 Å². The zero-order valence-corrected chi connectivity index (χ0v) is 20.1. The third kappa shape index (κ3) is 7.22. The van der Waals surface area contributed by atoms with Gasteiger partial charge in [0.25, 0.3) is 0 Å². The van der Waals surface area contributed by atoms with Gasteiger partial charge in [0.05, 0.1) is 6.61 Å². The highest BCUT2D eigenvalue weighted by atomic mass is 16.5. The summed E-state index contributed by atoms with van der Waals surface area (Å²) in [5.74, 6) is 1.24. The minimum absolute atomic E-state index is 0.289. The molecule has 3 rings (SSSR count). The average molecular weight is 430 g/mol. The number of hydrogen-bond acceptors (Lipinski definition) is 2. The van der Waals surface area contributed by atoms with Crippen molar-refractivity contribution in [1.82, 2.24) is 4.98 Å². The Bertz CT molecular complexity index is 897. The van der Waals surface area contributed by atoms with Crippen molar-refractivity contribution in [2.45, 2.75) is 78.1 Å². The maximum absolute atomic E-state index is 5.78.